The Labute approximate surface area is 107 Å². The van der Waals surface area contributed by atoms with E-state index in [-0.39, 0.29) is 23.3 Å². The molecule has 0 saturated carbocycles. The molecule has 5 heteroatoms. The summed E-state index contributed by atoms with van der Waals surface area (Å²) in [5, 5.41) is 12.5. The van der Waals surface area contributed by atoms with E-state index in [9.17, 15) is 9.90 Å². The highest BCUT2D eigenvalue weighted by Gasteiger charge is 2.15. The van der Waals surface area contributed by atoms with Crippen molar-refractivity contribution in [3.8, 4) is 11.5 Å². The zero-order valence-electron chi connectivity index (χ0n) is 10.9. The Balaban J connectivity index is 2.77. The molecule has 0 aromatic heterocycles. The van der Waals surface area contributed by atoms with Gasteiger partial charge in [-0.2, -0.15) is 0 Å². The van der Waals surface area contributed by atoms with Gasteiger partial charge >= 0.3 is 0 Å². The van der Waals surface area contributed by atoms with Gasteiger partial charge in [0.25, 0.3) is 5.91 Å². The third-order valence-electron chi connectivity index (χ3n) is 2.65. The van der Waals surface area contributed by atoms with Crippen molar-refractivity contribution in [3.63, 3.8) is 0 Å². The normalized spacial score (nSPS) is 11.9. The third kappa shape index (κ3) is 3.63. The van der Waals surface area contributed by atoms with Crippen molar-refractivity contribution in [3.05, 3.63) is 23.8 Å². The van der Waals surface area contributed by atoms with Crippen LogP contribution in [0.5, 0.6) is 11.5 Å². The van der Waals surface area contributed by atoms with Crippen LogP contribution in [-0.4, -0.2) is 37.9 Å². The fourth-order valence-electron chi connectivity index (χ4n) is 1.56. The molecule has 0 fully saturated rings. The van der Waals surface area contributed by atoms with Crippen LogP contribution in [0.2, 0.25) is 0 Å². The first-order valence-corrected chi connectivity index (χ1v) is 5.79. The predicted octanol–water partition coefficient (Wildman–Crippen LogP) is 1.56. The summed E-state index contributed by atoms with van der Waals surface area (Å²) in [4.78, 5) is 11.9. The second-order valence-electron chi connectivity index (χ2n) is 3.92. The maximum Gasteiger partial charge on any atom is 0.255 e. The summed E-state index contributed by atoms with van der Waals surface area (Å²) in [6, 6.07) is 4.50. The molecule has 0 radical (unpaired) electrons. The van der Waals surface area contributed by atoms with Gasteiger partial charge in [-0.05, 0) is 18.6 Å². The van der Waals surface area contributed by atoms with Crippen molar-refractivity contribution in [1.29, 1.82) is 0 Å². The van der Waals surface area contributed by atoms with E-state index >= 15 is 0 Å². The number of hydrogen-bond donors (Lipinski definition) is 2. The molecule has 5 nitrogen and oxygen atoms in total. The van der Waals surface area contributed by atoms with Gasteiger partial charge < -0.3 is 19.9 Å². The Bertz CT molecular complexity index is 406. The lowest BCUT2D eigenvalue weighted by Crippen LogP contribution is -2.37. The van der Waals surface area contributed by atoms with Crippen LogP contribution in [0.4, 0.5) is 0 Å². The van der Waals surface area contributed by atoms with Gasteiger partial charge in [-0.1, -0.05) is 6.92 Å². The molecule has 2 N–H and O–H groups in total. The largest absolute Gasteiger partial charge is 0.507 e. The molecule has 0 saturated heterocycles. The number of nitrogens with one attached hydrogen (secondary N) is 1. The average molecular weight is 253 g/mol. The first-order chi connectivity index (χ1) is 8.62. The number of methoxy groups -OCH3 is 2. The number of hydrogen-bond acceptors (Lipinski definition) is 4. The first kappa shape index (κ1) is 14.3. The summed E-state index contributed by atoms with van der Waals surface area (Å²) in [6.07, 6.45) is 0.760. The quantitative estimate of drug-likeness (QED) is 0.807. The molecule has 1 amide bonds. The molecule has 0 heterocycles. The van der Waals surface area contributed by atoms with E-state index in [0.717, 1.165) is 6.42 Å². The molecular weight excluding hydrogens is 234 g/mol. The van der Waals surface area contributed by atoms with E-state index in [2.05, 4.69) is 5.32 Å². The monoisotopic (exact) mass is 253 g/mol. The summed E-state index contributed by atoms with van der Waals surface area (Å²) < 4.78 is 9.96. The number of phenolic OH excluding ortho intramolecular Hbond substituents is 1. The molecule has 0 bridgehead atoms. The van der Waals surface area contributed by atoms with Crippen LogP contribution in [0.25, 0.3) is 0 Å². The van der Waals surface area contributed by atoms with Crippen molar-refractivity contribution in [2.45, 2.75) is 19.4 Å². The molecule has 18 heavy (non-hydrogen) atoms. The molecule has 0 aliphatic rings. The summed E-state index contributed by atoms with van der Waals surface area (Å²) in [5.74, 6) is 0.0890. The van der Waals surface area contributed by atoms with Gasteiger partial charge in [0.1, 0.15) is 11.5 Å². The number of aromatic hydroxyl groups is 1. The number of benzene rings is 1. The van der Waals surface area contributed by atoms with Gasteiger partial charge in [-0.3, -0.25) is 4.79 Å². The van der Waals surface area contributed by atoms with E-state index in [1.54, 1.807) is 13.2 Å². The number of carbonyl (C=O) groups is 1. The number of phenols is 1. The Morgan fingerprint density at radius 2 is 2.17 bits per heavy atom. The Kier molecular flexibility index (Phi) is 5.45. The summed E-state index contributed by atoms with van der Waals surface area (Å²) >= 11 is 0. The average Bonchev–Trinajstić information content (AvgIpc) is 2.37. The minimum absolute atomic E-state index is 0.0657. The fraction of sp³-hybridized carbons (Fsp3) is 0.462. The highest BCUT2D eigenvalue weighted by atomic mass is 16.5. The Morgan fingerprint density at radius 3 is 2.67 bits per heavy atom. The van der Waals surface area contributed by atoms with E-state index in [1.807, 2.05) is 6.92 Å². The van der Waals surface area contributed by atoms with Crippen LogP contribution in [0.1, 0.15) is 23.7 Å². The number of ether oxygens (including phenoxy) is 2. The van der Waals surface area contributed by atoms with E-state index < -0.39 is 0 Å². The van der Waals surface area contributed by atoms with Gasteiger partial charge in [0.05, 0.1) is 25.3 Å². The van der Waals surface area contributed by atoms with Crippen molar-refractivity contribution in [2.75, 3.05) is 20.8 Å². The molecule has 1 atom stereocenters. The fourth-order valence-corrected chi connectivity index (χ4v) is 1.56. The highest BCUT2D eigenvalue weighted by molar-refractivity contribution is 5.97. The molecule has 1 aromatic carbocycles. The van der Waals surface area contributed by atoms with Crippen LogP contribution in [0, 0.1) is 0 Å². The zero-order valence-corrected chi connectivity index (χ0v) is 10.9. The lowest BCUT2D eigenvalue weighted by atomic mass is 10.1. The third-order valence-corrected chi connectivity index (χ3v) is 2.65. The molecule has 0 spiro atoms. The van der Waals surface area contributed by atoms with Gasteiger partial charge in [0.2, 0.25) is 0 Å². The topological polar surface area (TPSA) is 67.8 Å². The first-order valence-electron chi connectivity index (χ1n) is 5.79. The van der Waals surface area contributed by atoms with E-state index in [4.69, 9.17) is 9.47 Å². The number of rotatable bonds is 6. The second kappa shape index (κ2) is 6.86. The van der Waals surface area contributed by atoms with Crippen molar-refractivity contribution >= 4 is 5.91 Å². The molecule has 1 rings (SSSR count). The molecule has 1 aromatic rings. The zero-order chi connectivity index (χ0) is 13.5. The van der Waals surface area contributed by atoms with Crippen LogP contribution in [0.3, 0.4) is 0 Å². The Morgan fingerprint density at radius 1 is 1.44 bits per heavy atom. The van der Waals surface area contributed by atoms with Crippen LogP contribution in [-0.2, 0) is 4.74 Å². The minimum Gasteiger partial charge on any atom is -0.507 e. The lowest BCUT2D eigenvalue weighted by Gasteiger charge is -2.16. The van der Waals surface area contributed by atoms with Crippen LogP contribution in [0.15, 0.2) is 18.2 Å². The molecule has 0 aliphatic carbocycles. The SMILES string of the molecule is CCC(COC)NC(=O)c1ccc(OC)cc1O. The van der Waals surface area contributed by atoms with E-state index in [0.29, 0.717) is 12.4 Å². The van der Waals surface area contributed by atoms with Crippen molar-refractivity contribution in [2.24, 2.45) is 0 Å². The van der Waals surface area contributed by atoms with Crippen LogP contribution < -0.4 is 10.1 Å². The summed E-state index contributed by atoms with van der Waals surface area (Å²) in [5.41, 5.74) is 0.227. The Hall–Kier alpha value is -1.75. The molecule has 0 aliphatic heterocycles. The summed E-state index contributed by atoms with van der Waals surface area (Å²) in [6.45, 7) is 2.40. The maximum atomic E-state index is 11.9. The standard InChI is InChI=1S/C13H19NO4/c1-4-9(8-17-2)14-13(16)11-6-5-10(18-3)7-12(11)15/h5-7,9,15H,4,8H2,1-3H3,(H,14,16). The predicted molar refractivity (Wildman–Crippen MR) is 68.1 cm³/mol. The maximum absolute atomic E-state index is 11.9. The smallest absolute Gasteiger partial charge is 0.255 e. The minimum atomic E-state index is -0.320. The van der Waals surface area contributed by atoms with Crippen molar-refractivity contribution in [1.82, 2.24) is 5.32 Å². The summed E-state index contributed by atoms with van der Waals surface area (Å²) in [7, 11) is 3.08. The van der Waals surface area contributed by atoms with Crippen LogP contribution >= 0.6 is 0 Å². The van der Waals surface area contributed by atoms with Gasteiger partial charge in [-0.25, -0.2) is 0 Å². The van der Waals surface area contributed by atoms with Gasteiger partial charge in [0.15, 0.2) is 0 Å². The molecule has 100 valence electrons. The van der Waals surface area contributed by atoms with Crippen molar-refractivity contribution < 1.29 is 19.4 Å². The van der Waals surface area contributed by atoms with E-state index in [1.165, 1.54) is 19.2 Å². The lowest BCUT2D eigenvalue weighted by molar-refractivity contribution is 0.0892. The number of amides is 1. The number of carbonyl (C=O) groups excluding carboxylic acids is 1. The molecule has 1 unspecified atom stereocenters. The second-order valence-corrected chi connectivity index (χ2v) is 3.92. The van der Waals surface area contributed by atoms with Gasteiger partial charge in [-0.15, -0.1) is 0 Å². The highest BCUT2D eigenvalue weighted by Crippen LogP contribution is 2.23. The molecular formula is C13H19NO4. The van der Waals surface area contributed by atoms with Gasteiger partial charge in [0, 0.05) is 13.2 Å².